The van der Waals surface area contributed by atoms with Crippen LogP contribution in [0, 0.1) is 0 Å². The quantitative estimate of drug-likeness (QED) is 0.503. The standard InChI is InChI=1S/C2H7F2NP2/c1-6(3)5-7(2)4/h6H,1-2H3. The molecule has 0 saturated carbocycles. The largest absolute Gasteiger partial charge is 0.217 e. The first-order valence-corrected chi connectivity index (χ1v) is 5.19. The topological polar surface area (TPSA) is 12.4 Å². The van der Waals surface area contributed by atoms with Crippen molar-refractivity contribution in [3.8, 4) is 0 Å². The van der Waals surface area contributed by atoms with Crippen molar-refractivity contribution >= 4 is 16.4 Å². The fourth-order valence-electron chi connectivity index (χ4n) is 0.190. The van der Waals surface area contributed by atoms with Crippen LogP contribution in [-0.4, -0.2) is 13.3 Å². The Kier molecular flexibility index (Phi) is 3.77. The molecule has 0 N–H and O–H groups in total. The summed E-state index contributed by atoms with van der Waals surface area (Å²) >= 11 is 0. The molecule has 0 heterocycles. The molecule has 0 amide bonds. The first-order chi connectivity index (χ1) is 3.13. The highest BCUT2D eigenvalue weighted by molar-refractivity contribution is 7.58. The molecule has 0 aliphatic carbocycles. The average Bonchev–Trinajstić information content (AvgIpc) is 1.27. The Morgan fingerprint density at radius 1 is 1.71 bits per heavy atom. The van der Waals surface area contributed by atoms with Gasteiger partial charge in [-0.3, -0.25) is 0 Å². The third-order valence-electron chi connectivity index (χ3n) is 0.276. The maximum absolute atomic E-state index is 11.7. The number of nitrogens with zero attached hydrogens (tertiary/aromatic N) is 1. The zero-order chi connectivity index (χ0) is 5.86. The van der Waals surface area contributed by atoms with Crippen LogP contribution in [0.3, 0.4) is 0 Å². The van der Waals surface area contributed by atoms with Crippen LogP contribution < -0.4 is 0 Å². The van der Waals surface area contributed by atoms with Gasteiger partial charge in [-0.2, -0.15) is 0 Å². The normalized spacial score (nSPS) is 19.4. The lowest BCUT2D eigenvalue weighted by molar-refractivity contribution is 0.888. The molecule has 5 heteroatoms. The van der Waals surface area contributed by atoms with Crippen LogP contribution in [0.1, 0.15) is 0 Å². The zero-order valence-electron chi connectivity index (χ0n) is 4.15. The van der Waals surface area contributed by atoms with Gasteiger partial charge >= 0.3 is 0 Å². The maximum atomic E-state index is 11.7. The number of rotatable bonds is 1. The van der Waals surface area contributed by atoms with E-state index in [2.05, 4.69) is 4.52 Å². The summed E-state index contributed by atoms with van der Waals surface area (Å²) in [5.41, 5.74) is 0. The van der Waals surface area contributed by atoms with Gasteiger partial charge < -0.3 is 0 Å². The van der Waals surface area contributed by atoms with Crippen molar-refractivity contribution in [1.82, 2.24) is 0 Å². The first-order valence-electron chi connectivity index (χ1n) is 1.73. The Morgan fingerprint density at radius 3 is 2.14 bits per heavy atom. The van der Waals surface area contributed by atoms with Gasteiger partial charge in [-0.15, -0.1) is 0 Å². The average molecular weight is 145 g/mol. The van der Waals surface area contributed by atoms with Crippen LogP contribution >= 0.6 is 16.4 Å². The molecule has 0 rings (SSSR count). The van der Waals surface area contributed by atoms with E-state index >= 15 is 0 Å². The fourth-order valence-corrected chi connectivity index (χ4v) is 1.71. The van der Waals surface area contributed by atoms with Gasteiger partial charge in [0.2, 0.25) is 8.38 Å². The van der Waals surface area contributed by atoms with Gasteiger partial charge in [-0.1, -0.05) is 0 Å². The molecule has 0 aliphatic rings. The lowest BCUT2D eigenvalue weighted by atomic mass is 12.0. The summed E-state index contributed by atoms with van der Waals surface area (Å²) in [6.07, 6.45) is 0. The smallest absolute Gasteiger partial charge is 0.200 e. The molecule has 1 nitrogen and oxygen atoms in total. The Bertz CT molecular complexity index is 77.8. The molecule has 0 saturated heterocycles. The minimum atomic E-state index is -2.16. The highest BCUT2D eigenvalue weighted by Gasteiger charge is 1.90. The summed E-state index contributed by atoms with van der Waals surface area (Å²) in [5, 5.41) is 0. The molecule has 0 aromatic carbocycles. The Balaban J connectivity index is 3.45. The Hall–Kier alpha value is 0.520. The van der Waals surface area contributed by atoms with Crippen LogP contribution in [0.25, 0.3) is 0 Å². The molecule has 7 heavy (non-hydrogen) atoms. The van der Waals surface area contributed by atoms with Crippen molar-refractivity contribution < 1.29 is 8.39 Å². The van der Waals surface area contributed by atoms with Crippen molar-refractivity contribution in [2.45, 2.75) is 0 Å². The van der Waals surface area contributed by atoms with Gasteiger partial charge in [0.15, 0.2) is 0 Å². The molecule has 0 spiro atoms. The van der Waals surface area contributed by atoms with E-state index < -0.39 is 16.4 Å². The maximum Gasteiger partial charge on any atom is 0.200 e. The molecule has 2 atom stereocenters. The molecule has 0 aliphatic heterocycles. The third kappa shape index (κ3) is 6.52. The predicted molar refractivity (Wildman–Crippen MR) is 31.7 cm³/mol. The van der Waals surface area contributed by atoms with E-state index in [9.17, 15) is 8.39 Å². The van der Waals surface area contributed by atoms with Crippen molar-refractivity contribution in [1.29, 1.82) is 0 Å². The van der Waals surface area contributed by atoms with Gasteiger partial charge in [0.25, 0.3) is 0 Å². The van der Waals surface area contributed by atoms with E-state index in [-0.39, 0.29) is 0 Å². The summed E-state index contributed by atoms with van der Waals surface area (Å²) in [6, 6.07) is 0. The SMILES string of the molecule is CP(F)/N=[PH](\C)F. The molecule has 0 aromatic rings. The molecule has 2 unspecified atom stereocenters. The minimum Gasteiger partial charge on any atom is -0.217 e. The summed E-state index contributed by atoms with van der Waals surface area (Å²) < 4.78 is 26.4. The van der Waals surface area contributed by atoms with E-state index in [4.69, 9.17) is 0 Å². The summed E-state index contributed by atoms with van der Waals surface area (Å²) in [5.74, 6) is 0. The monoisotopic (exact) mass is 145 g/mol. The molecule has 0 bridgehead atoms. The van der Waals surface area contributed by atoms with Gasteiger partial charge in [0.1, 0.15) is 8.02 Å². The second-order valence-corrected chi connectivity index (χ2v) is 3.73. The van der Waals surface area contributed by atoms with E-state index in [1.54, 1.807) is 0 Å². The minimum absolute atomic E-state index is 1.28. The summed E-state index contributed by atoms with van der Waals surface area (Å²) in [6.45, 7) is 2.59. The molecule has 44 valence electrons. The first kappa shape index (κ1) is 7.52. The van der Waals surface area contributed by atoms with Gasteiger partial charge in [-0.25, -0.2) is 12.9 Å². The van der Waals surface area contributed by atoms with Crippen molar-refractivity contribution in [2.75, 3.05) is 13.3 Å². The van der Waals surface area contributed by atoms with Gasteiger partial charge in [0.05, 0.1) is 0 Å². The van der Waals surface area contributed by atoms with Crippen molar-refractivity contribution in [3.63, 3.8) is 0 Å². The van der Waals surface area contributed by atoms with E-state index in [0.29, 0.717) is 0 Å². The molecular formula is C2H7F2NP2. The van der Waals surface area contributed by atoms with Crippen molar-refractivity contribution in [2.24, 2.45) is 4.52 Å². The highest BCUT2D eigenvalue weighted by Crippen LogP contribution is 2.42. The highest BCUT2D eigenvalue weighted by atomic mass is 31.2. The second-order valence-electron chi connectivity index (χ2n) is 1.04. The Morgan fingerprint density at radius 2 is 2.14 bits per heavy atom. The van der Waals surface area contributed by atoms with Gasteiger partial charge in [-0.05, 0) is 6.66 Å². The Labute approximate surface area is 43.6 Å². The zero-order valence-corrected chi connectivity index (χ0v) is 6.04. The predicted octanol–water partition coefficient (Wildman–Crippen LogP) is 2.81. The van der Waals surface area contributed by atoms with Crippen LogP contribution in [0.2, 0.25) is 0 Å². The fraction of sp³-hybridized carbons (Fsp3) is 1.00. The molecule has 0 radical (unpaired) electrons. The second kappa shape index (κ2) is 3.51. The summed E-state index contributed by atoms with van der Waals surface area (Å²) in [7, 11) is -4.00. The number of hydrogen-bond acceptors (Lipinski definition) is 1. The van der Waals surface area contributed by atoms with Crippen LogP contribution in [-0.2, 0) is 0 Å². The molecule has 0 aromatic heterocycles. The number of hydrogen-bond donors (Lipinski definition) is 0. The summed E-state index contributed by atoms with van der Waals surface area (Å²) in [4.78, 5) is 0. The van der Waals surface area contributed by atoms with Crippen LogP contribution in [0.15, 0.2) is 4.52 Å². The van der Waals surface area contributed by atoms with E-state index in [1.165, 1.54) is 13.3 Å². The van der Waals surface area contributed by atoms with E-state index in [0.717, 1.165) is 0 Å². The lowest BCUT2D eigenvalue weighted by Crippen LogP contribution is -1.43. The van der Waals surface area contributed by atoms with Crippen LogP contribution in [0.5, 0.6) is 0 Å². The van der Waals surface area contributed by atoms with Gasteiger partial charge in [0, 0.05) is 6.66 Å². The number of halogens is 2. The van der Waals surface area contributed by atoms with E-state index in [1.807, 2.05) is 0 Å². The molecule has 0 fully saturated rings. The van der Waals surface area contributed by atoms with Crippen LogP contribution in [0.4, 0.5) is 8.39 Å². The van der Waals surface area contributed by atoms with Crippen molar-refractivity contribution in [3.05, 3.63) is 0 Å². The third-order valence-corrected chi connectivity index (χ3v) is 2.48. The lowest BCUT2D eigenvalue weighted by Gasteiger charge is -1.87. The molecular weight excluding hydrogens is 138 g/mol.